The van der Waals surface area contributed by atoms with E-state index in [4.69, 9.17) is 9.47 Å². The van der Waals surface area contributed by atoms with Crippen molar-refractivity contribution in [2.45, 2.75) is 6.42 Å². The van der Waals surface area contributed by atoms with E-state index in [-0.39, 0.29) is 0 Å². The lowest BCUT2D eigenvalue weighted by atomic mass is 10.1. The predicted octanol–water partition coefficient (Wildman–Crippen LogP) is 5.26. The lowest BCUT2D eigenvalue weighted by molar-refractivity contribution is 0.297. The first kappa shape index (κ1) is 19.3. The van der Waals surface area contributed by atoms with E-state index in [0.717, 1.165) is 23.0 Å². The Balaban J connectivity index is 1.53. The van der Waals surface area contributed by atoms with Gasteiger partial charge in [0.1, 0.15) is 11.9 Å². The third-order valence-electron chi connectivity index (χ3n) is 4.75. The second-order valence-electron chi connectivity index (χ2n) is 6.77. The van der Waals surface area contributed by atoms with E-state index in [1.54, 1.807) is 13.2 Å². The molecule has 0 unspecified atom stereocenters. The summed E-state index contributed by atoms with van der Waals surface area (Å²) in [6.45, 7) is 0.554. The number of rotatable bonds is 7. The number of H-pyrrole nitrogens is 1. The number of hydrogen-bond acceptors (Lipinski definition) is 4. The molecule has 1 N–H and O–H groups in total. The molecule has 0 radical (unpaired) electrons. The molecule has 0 fully saturated rings. The van der Waals surface area contributed by atoms with Crippen LogP contribution in [0.15, 0.2) is 72.8 Å². The Morgan fingerprint density at radius 3 is 2.60 bits per heavy atom. The van der Waals surface area contributed by atoms with Gasteiger partial charge in [0.25, 0.3) is 0 Å². The van der Waals surface area contributed by atoms with Crippen LogP contribution in [0.4, 0.5) is 0 Å². The molecule has 0 saturated carbocycles. The molecule has 4 aromatic rings. The first-order valence-electron chi connectivity index (χ1n) is 9.68. The van der Waals surface area contributed by atoms with Crippen molar-refractivity contribution < 1.29 is 9.47 Å². The van der Waals surface area contributed by atoms with Crippen LogP contribution in [0.1, 0.15) is 17.0 Å². The maximum absolute atomic E-state index is 9.64. The summed E-state index contributed by atoms with van der Waals surface area (Å²) in [4.78, 5) is 7.70. The predicted molar refractivity (Wildman–Crippen MR) is 118 cm³/mol. The highest BCUT2D eigenvalue weighted by Gasteiger charge is 2.10. The van der Waals surface area contributed by atoms with Crippen molar-refractivity contribution in [1.29, 1.82) is 5.26 Å². The van der Waals surface area contributed by atoms with Gasteiger partial charge in [-0.25, -0.2) is 4.98 Å². The summed E-state index contributed by atoms with van der Waals surface area (Å²) in [5.74, 6) is 1.84. The highest BCUT2D eigenvalue weighted by atomic mass is 16.5. The van der Waals surface area contributed by atoms with Crippen molar-refractivity contribution in [3.63, 3.8) is 0 Å². The second kappa shape index (κ2) is 8.97. The van der Waals surface area contributed by atoms with Crippen LogP contribution in [0.25, 0.3) is 22.7 Å². The van der Waals surface area contributed by atoms with E-state index in [9.17, 15) is 5.26 Å². The summed E-state index contributed by atoms with van der Waals surface area (Å²) in [6.07, 6.45) is 2.60. The Hall–Kier alpha value is -4.04. The van der Waals surface area contributed by atoms with Gasteiger partial charge >= 0.3 is 0 Å². The summed E-state index contributed by atoms with van der Waals surface area (Å²) in [5.41, 5.74) is 4.23. The van der Waals surface area contributed by atoms with E-state index in [1.807, 2.05) is 60.7 Å². The highest BCUT2D eigenvalue weighted by molar-refractivity contribution is 5.90. The quantitative estimate of drug-likeness (QED) is 0.434. The number of ether oxygens (including phenoxy) is 2. The van der Waals surface area contributed by atoms with Crippen LogP contribution < -0.4 is 9.47 Å². The van der Waals surface area contributed by atoms with Crippen LogP contribution in [0.2, 0.25) is 0 Å². The highest BCUT2D eigenvalue weighted by Crippen LogP contribution is 2.30. The number of fused-ring (bicyclic) bond motifs is 1. The maximum atomic E-state index is 9.64. The standard InChI is InChI=1S/C25H21N3O2/c1-29-24-16-19(11-12-23(24)30-14-13-18-7-3-2-4-8-18)15-20(17-26)25-27-21-9-5-6-10-22(21)28-25/h2-12,15-16H,13-14H2,1H3,(H,27,28)/b20-15-. The van der Waals surface area contributed by atoms with Crippen LogP contribution in [0, 0.1) is 11.3 Å². The molecule has 0 aliphatic rings. The first-order valence-corrected chi connectivity index (χ1v) is 9.68. The van der Waals surface area contributed by atoms with Crippen molar-refractivity contribution in [1.82, 2.24) is 9.97 Å². The lowest BCUT2D eigenvalue weighted by Crippen LogP contribution is -2.02. The molecule has 5 nitrogen and oxygen atoms in total. The molecule has 0 aliphatic heterocycles. The molecule has 5 heteroatoms. The van der Waals surface area contributed by atoms with E-state index in [1.165, 1.54) is 5.56 Å². The number of nitrogens with one attached hydrogen (secondary N) is 1. The van der Waals surface area contributed by atoms with E-state index in [2.05, 4.69) is 28.2 Å². The van der Waals surface area contributed by atoms with Crippen LogP contribution >= 0.6 is 0 Å². The molecule has 30 heavy (non-hydrogen) atoms. The van der Waals surface area contributed by atoms with E-state index >= 15 is 0 Å². The van der Waals surface area contributed by atoms with Crippen molar-refractivity contribution in [3.05, 3.63) is 89.7 Å². The average Bonchev–Trinajstić information content (AvgIpc) is 3.23. The Bertz CT molecular complexity index is 1190. The number of allylic oxidation sites excluding steroid dienone is 1. The number of aromatic amines is 1. The number of nitriles is 1. The molecule has 0 aliphatic carbocycles. The van der Waals surface area contributed by atoms with E-state index < -0.39 is 0 Å². The fourth-order valence-electron chi connectivity index (χ4n) is 3.22. The molecule has 1 aromatic heterocycles. The molecule has 0 spiro atoms. The Morgan fingerprint density at radius 2 is 1.83 bits per heavy atom. The molecule has 4 rings (SSSR count). The Morgan fingerprint density at radius 1 is 1.03 bits per heavy atom. The third-order valence-corrected chi connectivity index (χ3v) is 4.75. The monoisotopic (exact) mass is 395 g/mol. The maximum Gasteiger partial charge on any atom is 0.161 e. The molecule has 0 amide bonds. The van der Waals surface area contributed by atoms with Gasteiger partial charge in [-0.3, -0.25) is 0 Å². The number of para-hydroxylation sites is 2. The SMILES string of the molecule is COc1cc(/C=C(/C#N)c2nc3ccccc3[nH]2)ccc1OCCc1ccccc1. The van der Waals surface area contributed by atoms with Gasteiger partial charge in [0, 0.05) is 6.42 Å². The molecule has 0 saturated heterocycles. The summed E-state index contributed by atoms with van der Waals surface area (Å²) >= 11 is 0. The molecule has 1 heterocycles. The van der Waals surface area contributed by atoms with Crippen LogP contribution in [-0.2, 0) is 6.42 Å². The van der Waals surface area contributed by atoms with Crippen molar-refractivity contribution in [3.8, 4) is 17.6 Å². The minimum Gasteiger partial charge on any atom is -0.493 e. The van der Waals surface area contributed by atoms with Gasteiger partial charge in [-0.2, -0.15) is 5.26 Å². The third kappa shape index (κ3) is 4.34. The molecule has 0 bridgehead atoms. The second-order valence-corrected chi connectivity index (χ2v) is 6.77. The van der Waals surface area contributed by atoms with Gasteiger partial charge in [0.2, 0.25) is 0 Å². The molecule has 3 aromatic carbocycles. The van der Waals surface area contributed by atoms with Crippen molar-refractivity contribution in [2.24, 2.45) is 0 Å². The molecule has 0 atom stereocenters. The fourth-order valence-corrected chi connectivity index (χ4v) is 3.22. The number of methoxy groups -OCH3 is 1. The molecule has 148 valence electrons. The van der Waals surface area contributed by atoms with Gasteiger partial charge in [-0.15, -0.1) is 0 Å². The van der Waals surface area contributed by atoms with Crippen molar-refractivity contribution in [2.75, 3.05) is 13.7 Å². The largest absolute Gasteiger partial charge is 0.493 e. The zero-order chi connectivity index (χ0) is 20.8. The van der Waals surface area contributed by atoms with Gasteiger partial charge in [-0.1, -0.05) is 48.5 Å². The lowest BCUT2D eigenvalue weighted by Gasteiger charge is -2.11. The number of hydrogen-bond donors (Lipinski definition) is 1. The van der Waals surface area contributed by atoms with E-state index in [0.29, 0.717) is 29.5 Å². The Kier molecular flexibility index (Phi) is 5.77. The van der Waals surface area contributed by atoms with Gasteiger partial charge in [0.05, 0.1) is 30.3 Å². The van der Waals surface area contributed by atoms with Crippen LogP contribution in [-0.4, -0.2) is 23.7 Å². The number of aromatic nitrogens is 2. The summed E-state index contributed by atoms with van der Waals surface area (Å²) in [5, 5.41) is 9.64. The number of imidazole rings is 1. The molecular weight excluding hydrogens is 374 g/mol. The van der Waals surface area contributed by atoms with Gasteiger partial charge in [-0.05, 0) is 41.5 Å². The van der Waals surface area contributed by atoms with Crippen LogP contribution in [0.5, 0.6) is 11.5 Å². The normalized spacial score (nSPS) is 11.3. The number of benzene rings is 3. The topological polar surface area (TPSA) is 70.9 Å². The Labute approximate surface area is 175 Å². The zero-order valence-corrected chi connectivity index (χ0v) is 16.6. The smallest absolute Gasteiger partial charge is 0.161 e. The average molecular weight is 395 g/mol. The first-order chi connectivity index (χ1) is 14.8. The zero-order valence-electron chi connectivity index (χ0n) is 16.6. The summed E-state index contributed by atoms with van der Waals surface area (Å²) in [7, 11) is 1.61. The fraction of sp³-hybridized carbons (Fsp3) is 0.120. The van der Waals surface area contributed by atoms with Gasteiger partial charge < -0.3 is 14.5 Å². The number of nitrogens with zero attached hydrogens (tertiary/aromatic N) is 2. The summed E-state index contributed by atoms with van der Waals surface area (Å²) in [6, 6.07) is 25.8. The van der Waals surface area contributed by atoms with Crippen molar-refractivity contribution >= 4 is 22.7 Å². The molecular formula is C25H21N3O2. The van der Waals surface area contributed by atoms with Gasteiger partial charge in [0.15, 0.2) is 11.5 Å². The van der Waals surface area contributed by atoms with Crippen LogP contribution in [0.3, 0.4) is 0 Å². The minimum atomic E-state index is 0.450. The minimum absolute atomic E-state index is 0.450. The summed E-state index contributed by atoms with van der Waals surface area (Å²) < 4.78 is 11.4.